The van der Waals surface area contributed by atoms with Crippen molar-refractivity contribution < 1.29 is 33.3 Å². The number of hydrogen-bond donors (Lipinski definition) is 1. The second-order valence-electron chi connectivity index (χ2n) is 7.23. The summed E-state index contributed by atoms with van der Waals surface area (Å²) in [5.41, 5.74) is 2.46. The summed E-state index contributed by atoms with van der Waals surface area (Å²) >= 11 is 1.34. The summed E-state index contributed by atoms with van der Waals surface area (Å²) < 4.78 is 26.3. The maximum Gasteiger partial charge on any atom is 0.341 e. The van der Waals surface area contributed by atoms with Crippen LogP contribution in [0, 0.1) is 6.92 Å². The first kappa shape index (κ1) is 22.5. The van der Waals surface area contributed by atoms with Crippen molar-refractivity contribution in [2.24, 2.45) is 0 Å². The molecule has 3 aromatic rings. The lowest BCUT2D eigenvalue weighted by atomic mass is 10.1. The minimum atomic E-state index is -0.511. The molecule has 4 rings (SSSR count). The Morgan fingerprint density at radius 1 is 1.00 bits per heavy atom. The highest BCUT2D eigenvalue weighted by molar-refractivity contribution is 7.17. The summed E-state index contributed by atoms with van der Waals surface area (Å²) in [6.45, 7) is 2.05. The van der Waals surface area contributed by atoms with E-state index in [1.807, 2.05) is 25.1 Å². The third-order valence-corrected chi connectivity index (χ3v) is 6.52. The van der Waals surface area contributed by atoms with Crippen molar-refractivity contribution in [1.29, 1.82) is 0 Å². The van der Waals surface area contributed by atoms with Gasteiger partial charge in [0.05, 0.1) is 26.9 Å². The molecule has 9 heteroatoms. The maximum atomic E-state index is 13.0. The van der Waals surface area contributed by atoms with E-state index < -0.39 is 5.97 Å². The molecule has 0 aliphatic carbocycles. The highest BCUT2D eigenvalue weighted by atomic mass is 32.1. The zero-order chi connectivity index (χ0) is 23.5. The predicted octanol–water partition coefficient (Wildman–Crippen LogP) is 4.43. The van der Waals surface area contributed by atoms with Crippen LogP contribution in [-0.4, -0.2) is 40.0 Å². The quantitative estimate of drug-likeness (QED) is 0.512. The number of hydrogen-bond acceptors (Lipinski definition) is 8. The van der Waals surface area contributed by atoms with Crippen molar-refractivity contribution >= 4 is 28.2 Å². The zero-order valence-electron chi connectivity index (χ0n) is 18.6. The molecular weight excluding hydrogens is 446 g/mol. The number of rotatable bonds is 7. The van der Waals surface area contributed by atoms with Gasteiger partial charge in [-0.05, 0) is 48.4 Å². The molecule has 172 valence electrons. The van der Waals surface area contributed by atoms with Crippen LogP contribution >= 0.6 is 11.3 Å². The van der Waals surface area contributed by atoms with Crippen molar-refractivity contribution in [2.75, 3.05) is 33.4 Å². The lowest BCUT2D eigenvalue weighted by Crippen LogP contribution is -2.14. The average molecular weight is 470 g/mol. The Kier molecular flexibility index (Phi) is 6.41. The van der Waals surface area contributed by atoms with Crippen LogP contribution in [0.15, 0.2) is 36.4 Å². The van der Waals surface area contributed by atoms with Gasteiger partial charge in [-0.25, -0.2) is 4.79 Å². The highest BCUT2D eigenvalue weighted by Crippen LogP contribution is 2.38. The van der Waals surface area contributed by atoms with Gasteiger partial charge in [0.2, 0.25) is 6.79 Å². The molecule has 1 amide bonds. The molecule has 0 radical (unpaired) electrons. The minimum absolute atomic E-state index is 0.204. The van der Waals surface area contributed by atoms with Gasteiger partial charge in [-0.1, -0.05) is 6.07 Å². The Labute approximate surface area is 195 Å². The van der Waals surface area contributed by atoms with Gasteiger partial charge in [-0.2, -0.15) is 0 Å². The van der Waals surface area contributed by atoms with Crippen LogP contribution in [0.3, 0.4) is 0 Å². The zero-order valence-corrected chi connectivity index (χ0v) is 19.5. The third-order valence-electron chi connectivity index (χ3n) is 5.31. The van der Waals surface area contributed by atoms with Crippen molar-refractivity contribution in [2.45, 2.75) is 13.3 Å². The molecule has 1 aromatic heterocycles. The second kappa shape index (κ2) is 9.41. The summed E-state index contributed by atoms with van der Waals surface area (Å²) in [6.07, 6.45) is 0.559. The van der Waals surface area contributed by atoms with Gasteiger partial charge in [0.15, 0.2) is 23.0 Å². The molecule has 1 aliphatic rings. The van der Waals surface area contributed by atoms with Gasteiger partial charge >= 0.3 is 5.97 Å². The van der Waals surface area contributed by atoms with Crippen LogP contribution in [0.25, 0.3) is 0 Å². The molecule has 0 atom stereocenters. The van der Waals surface area contributed by atoms with Gasteiger partial charge in [0, 0.05) is 16.9 Å². The second-order valence-corrected chi connectivity index (χ2v) is 8.34. The SMILES string of the molecule is COC(=O)c1c(NC(=O)c2ccc(OC)c(OC)c2)sc(Cc2ccc3c(c2)OCO3)c1C. The molecule has 1 N–H and O–H groups in total. The summed E-state index contributed by atoms with van der Waals surface area (Å²) in [6, 6.07) is 10.6. The molecule has 33 heavy (non-hydrogen) atoms. The number of benzene rings is 2. The fraction of sp³-hybridized carbons (Fsp3) is 0.250. The largest absolute Gasteiger partial charge is 0.493 e. The fourth-order valence-corrected chi connectivity index (χ4v) is 4.78. The van der Waals surface area contributed by atoms with Gasteiger partial charge in [-0.3, -0.25) is 4.79 Å². The van der Waals surface area contributed by atoms with Crippen molar-refractivity contribution in [3.05, 3.63) is 63.5 Å². The van der Waals surface area contributed by atoms with Crippen molar-refractivity contribution in [3.8, 4) is 23.0 Å². The molecule has 0 spiro atoms. The monoisotopic (exact) mass is 469 g/mol. The Morgan fingerprint density at radius 2 is 1.76 bits per heavy atom. The standard InChI is InChI=1S/C24H23NO7S/c1-13-20(10-14-5-7-17-19(9-14)32-12-31-17)33-23(21(13)24(27)30-4)25-22(26)15-6-8-16(28-2)18(11-15)29-3/h5-9,11H,10,12H2,1-4H3,(H,25,26). The van der Waals surface area contributed by atoms with Crippen LogP contribution in [0.5, 0.6) is 23.0 Å². The molecule has 2 aromatic carbocycles. The fourth-order valence-electron chi connectivity index (χ4n) is 3.55. The number of ether oxygens (including phenoxy) is 5. The normalized spacial score (nSPS) is 11.8. The van der Waals surface area contributed by atoms with E-state index in [-0.39, 0.29) is 12.7 Å². The molecular formula is C24H23NO7S. The summed E-state index contributed by atoms with van der Waals surface area (Å²) in [5, 5.41) is 3.28. The Bertz CT molecular complexity index is 1220. The van der Waals surface area contributed by atoms with Gasteiger partial charge in [-0.15, -0.1) is 11.3 Å². The molecule has 0 saturated heterocycles. The molecule has 0 fully saturated rings. The summed E-state index contributed by atoms with van der Waals surface area (Å²) in [4.78, 5) is 26.4. The van der Waals surface area contributed by atoms with Crippen LogP contribution in [0.1, 0.15) is 36.7 Å². The number of fused-ring (bicyclic) bond motifs is 1. The summed E-state index contributed by atoms with van der Waals surface area (Å²) in [5.74, 6) is 1.46. The number of amides is 1. The van der Waals surface area contributed by atoms with Crippen LogP contribution < -0.4 is 24.3 Å². The molecule has 2 heterocycles. The number of thiophene rings is 1. The van der Waals surface area contributed by atoms with Gasteiger partial charge < -0.3 is 29.0 Å². The molecule has 1 aliphatic heterocycles. The molecule has 0 saturated carbocycles. The van der Waals surface area contributed by atoms with Crippen LogP contribution in [0.4, 0.5) is 5.00 Å². The average Bonchev–Trinajstić information content (AvgIpc) is 3.41. The molecule has 0 unspecified atom stereocenters. The lowest BCUT2D eigenvalue weighted by molar-refractivity contribution is 0.0601. The topological polar surface area (TPSA) is 92.3 Å². The number of carbonyl (C=O) groups excluding carboxylic acids is 2. The number of nitrogens with one attached hydrogen (secondary N) is 1. The van der Waals surface area contributed by atoms with E-state index in [0.29, 0.717) is 45.5 Å². The lowest BCUT2D eigenvalue weighted by Gasteiger charge is -2.10. The number of anilines is 1. The van der Waals surface area contributed by atoms with Crippen molar-refractivity contribution in [3.63, 3.8) is 0 Å². The van der Waals surface area contributed by atoms with E-state index in [1.54, 1.807) is 18.2 Å². The van der Waals surface area contributed by atoms with Gasteiger partial charge in [0.1, 0.15) is 5.00 Å². The van der Waals surface area contributed by atoms with E-state index in [1.165, 1.54) is 32.7 Å². The van der Waals surface area contributed by atoms with Crippen molar-refractivity contribution in [1.82, 2.24) is 0 Å². The number of esters is 1. The number of carbonyl (C=O) groups is 2. The maximum absolute atomic E-state index is 13.0. The van der Waals surface area contributed by atoms with Gasteiger partial charge in [0.25, 0.3) is 5.91 Å². The first-order valence-corrected chi connectivity index (χ1v) is 10.9. The smallest absolute Gasteiger partial charge is 0.341 e. The first-order valence-electron chi connectivity index (χ1n) is 10.1. The van der Waals surface area contributed by atoms with E-state index >= 15 is 0 Å². The molecule has 8 nitrogen and oxygen atoms in total. The van der Waals surface area contributed by atoms with Crippen LogP contribution in [0.2, 0.25) is 0 Å². The first-order chi connectivity index (χ1) is 15.9. The summed E-state index contributed by atoms with van der Waals surface area (Å²) in [7, 11) is 4.34. The molecule has 0 bridgehead atoms. The Hall–Kier alpha value is -3.72. The predicted molar refractivity (Wildman–Crippen MR) is 123 cm³/mol. The van der Waals surface area contributed by atoms with Crippen LogP contribution in [-0.2, 0) is 11.2 Å². The minimum Gasteiger partial charge on any atom is -0.493 e. The third kappa shape index (κ3) is 4.45. The number of methoxy groups -OCH3 is 3. The Morgan fingerprint density at radius 3 is 2.48 bits per heavy atom. The Balaban J connectivity index is 1.63. The van der Waals surface area contributed by atoms with E-state index in [9.17, 15) is 9.59 Å². The highest BCUT2D eigenvalue weighted by Gasteiger charge is 2.24. The van der Waals surface area contributed by atoms with E-state index in [2.05, 4.69) is 5.32 Å². The van der Waals surface area contributed by atoms with E-state index in [4.69, 9.17) is 23.7 Å². The van der Waals surface area contributed by atoms with E-state index in [0.717, 1.165) is 16.0 Å².